The largest absolute Gasteiger partial charge is 0.368 e. The molecule has 28 heavy (non-hydrogen) atoms. The first kappa shape index (κ1) is 18.0. The van der Waals surface area contributed by atoms with Crippen LogP contribution in [0.25, 0.3) is 17.0 Å². The van der Waals surface area contributed by atoms with Crippen LogP contribution >= 0.6 is 0 Å². The number of hydrogen-bond acceptors (Lipinski definition) is 3. The van der Waals surface area contributed by atoms with Crippen molar-refractivity contribution < 1.29 is 4.79 Å². The number of amides is 1. The Bertz CT molecular complexity index is 1090. The van der Waals surface area contributed by atoms with Crippen molar-refractivity contribution in [2.45, 2.75) is 6.92 Å². The van der Waals surface area contributed by atoms with Crippen molar-refractivity contribution in [1.82, 2.24) is 9.88 Å². The van der Waals surface area contributed by atoms with Crippen molar-refractivity contribution in [3.8, 4) is 0 Å². The first-order chi connectivity index (χ1) is 13.6. The number of para-hydroxylation sites is 1. The van der Waals surface area contributed by atoms with Crippen molar-refractivity contribution in [3.05, 3.63) is 82.2 Å². The Morgan fingerprint density at radius 2 is 1.79 bits per heavy atom. The van der Waals surface area contributed by atoms with E-state index in [1.54, 1.807) is 6.08 Å². The quantitative estimate of drug-likeness (QED) is 0.718. The van der Waals surface area contributed by atoms with Crippen molar-refractivity contribution >= 4 is 28.6 Å². The molecule has 1 amide bonds. The SMILES string of the molecule is Cc1cccc(N2CCN(C(=O)/C=C/c3cc4ccccc4[nH]c3=O)CC2)c1. The number of H-pyrrole nitrogens is 1. The number of aryl methyl sites for hydroxylation is 1. The van der Waals surface area contributed by atoms with Crippen molar-refractivity contribution in [2.24, 2.45) is 0 Å². The van der Waals surface area contributed by atoms with E-state index in [1.807, 2.05) is 35.2 Å². The predicted molar refractivity (Wildman–Crippen MR) is 114 cm³/mol. The molecular weight excluding hydrogens is 350 g/mol. The smallest absolute Gasteiger partial charge is 0.255 e. The summed E-state index contributed by atoms with van der Waals surface area (Å²) in [6, 6.07) is 17.8. The maximum Gasteiger partial charge on any atom is 0.255 e. The van der Waals surface area contributed by atoms with Crippen LogP contribution in [-0.2, 0) is 4.79 Å². The van der Waals surface area contributed by atoms with Gasteiger partial charge in [0.1, 0.15) is 0 Å². The average Bonchev–Trinajstić information content (AvgIpc) is 2.72. The molecule has 1 fully saturated rings. The van der Waals surface area contributed by atoms with Gasteiger partial charge >= 0.3 is 0 Å². The van der Waals surface area contributed by atoms with Crippen LogP contribution in [0.1, 0.15) is 11.1 Å². The Morgan fingerprint density at radius 3 is 2.57 bits per heavy atom. The lowest BCUT2D eigenvalue weighted by Gasteiger charge is -2.35. The Morgan fingerprint density at radius 1 is 1.00 bits per heavy atom. The molecule has 0 aliphatic carbocycles. The van der Waals surface area contributed by atoms with E-state index in [1.165, 1.54) is 17.3 Å². The zero-order valence-electron chi connectivity index (χ0n) is 15.9. The highest BCUT2D eigenvalue weighted by Gasteiger charge is 2.19. The number of fused-ring (bicyclic) bond motifs is 1. The maximum atomic E-state index is 12.6. The van der Waals surface area contributed by atoms with Gasteiger partial charge in [-0.3, -0.25) is 9.59 Å². The predicted octanol–water partition coefficient (Wildman–Crippen LogP) is 3.20. The molecule has 1 aliphatic rings. The topological polar surface area (TPSA) is 56.4 Å². The number of aromatic amines is 1. The van der Waals surface area contributed by atoms with E-state index in [-0.39, 0.29) is 11.5 Å². The molecule has 5 heteroatoms. The third kappa shape index (κ3) is 3.83. The molecular formula is C23H23N3O2. The van der Waals surface area contributed by atoms with E-state index in [0.29, 0.717) is 18.7 Å². The number of carbonyl (C=O) groups excluding carboxylic acids is 1. The van der Waals surface area contributed by atoms with Crippen LogP contribution in [0.15, 0.2) is 65.5 Å². The fraction of sp³-hybridized carbons (Fsp3) is 0.217. The zero-order chi connectivity index (χ0) is 19.5. The number of nitrogens with one attached hydrogen (secondary N) is 1. The van der Waals surface area contributed by atoms with Gasteiger partial charge in [0, 0.05) is 49.0 Å². The Kier molecular flexibility index (Phi) is 4.98. The second-order valence-corrected chi connectivity index (χ2v) is 7.13. The molecule has 0 atom stereocenters. The van der Waals surface area contributed by atoms with E-state index < -0.39 is 0 Å². The molecule has 0 bridgehead atoms. The minimum absolute atomic E-state index is 0.0588. The minimum Gasteiger partial charge on any atom is -0.368 e. The second-order valence-electron chi connectivity index (χ2n) is 7.13. The van der Waals surface area contributed by atoms with Gasteiger partial charge in [0.2, 0.25) is 5.91 Å². The number of aromatic nitrogens is 1. The van der Waals surface area contributed by atoms with Gasteiger partial charge in [0.15, 0.2) is 0 Å². The molecule has 0 spiro atoms. The van der Waals surface area contributed by atoms with Gasteiger partial charge in [0.05, 0.1) is 0 Å². The minimum atomic E-state index is -0.188. The first-order valence-electron chi connectivity index (χ1n) is 9.51. The number of hydrogen-bond donors (Lipinski definition) is 1. The second kappa shape index (κ2) is 7.72. The van der Waals surface area contributed by atoms with Crippen LogP contribution < -0.4 is 10.5 Å². The zero-order valence-corrected chi connectivity index (χ0v) is 15.9. The first-order valence-corrected chi connectivity index (χ1v) is 9.51. The van der Waals surface area contributed by atoms with Gasteiger partial charge in [-0.15, -0.1) is 0 Å². The number of pyridine rings is 1. The lowest BCUT2D eigenvalue weighted by Crippen LogP contribution is -2.48. The molecule has 0 unspecified atom stereocenters. The standard InChI is InChI=1S/C23H23N3O2/c1-17-5-4-7-20(15-17)25-11-13-26(14-12-25)22(27)10-9-19-16-18-6-2-3-8-21(18)24-23(19)28/h2-10,15-16H,11-14H2,1H3,(H,24,28)/b10-9+. The molecule has 0 saturated carbocycles. The molecule has 2 aromatic carbocycles. The van der Waals surface area contributed by atoms with Crippen LogP contribution in [0.4, 0.5) is 5.69 Å². The summed E-state index contributed by atoms with van der Waals surface area (Å²) in [5.74, 6) is -0.0588. The molecule has 4 rings (SSSR count). The normalized spacial score (nSPS) is 14.8. The van der Waals surface area contributed by atoms with E-state index in [0.717, 1.165) is 24.0 Å². The van der Waals surface area contributed by atoms with Crippen molar-refractivity contribution in [1.29, 1.82) is 0 Å². The monoisotopic (exact) mass is 373 g/mol. The third-order valence-electron chi connectivity index (χ3n) is 5.15. The number of carbonyl (C=O) groups is 1. The van der Waals surface area contributed by atoms with Gasteiger partial charge in [-0.2, -0.15) is 0 Å². The lowest BCUT2D eigenvalue weighted by atomic mass is 10.1. The number of anilines is 1. The molecule has 1 N–H and O–H groups in total. The number of benzene rings is 2. The van der Waals surface area contributed by atoms with E-state index in [4.69, 9.17) is 0 Å². The van der Waals surface area contributed by atoms with Crippen LogP contribution in [0.5, 0.6) is 0 Å². The van der Waals surface area contributed by atoms with Gasteiger partial charge in [-0.05, 0) is 48.2 Å². The van der Waals surface area contributed by atoms with Crippen LogP contribution in [0.3, 0.4) is 0 Å². The third-order valence-corrected chi connectivity index (χ3v) is 5.15. The molecule has 2 heterocycles. The van der Waals surface area contributed by atoms with E-state index in [2.05, 4.69) is 41.1 Å². The van der Waals surface area contributed by atoms with Gasteiger partial charge < -0.3 is 14.8 Å². The molecule has 0 radical (unpaired) electrons. The molecule has 1 saturated heterocycles. The summed E-state index contributed by atoms with van der Waals surface area (Å²) in [4.78, 5) is 31.7. The van der Waals surface area contributed by atoms with Gasteiger partial charge in [-0.1, -0.05) is 30.3 Å². The van der Waals surface area contributed by atoms with E-state index >= 15 is 0 Å². The van der Waals surface area contributed by atoms with Gasteiger partial charge in [0.25, 0.3) is 5.56 Å². The number of rotatable bonds is 3. The highest BCUT2D eigenvalue weighted by molar-refractivity contribution is 5.92. The summed E-state index contributed by atoms with van der Waals surface area (Å²) in [6.45, 7) is 5.04. The van der Waals surface area contributed by atoms with Gasteiger partial charge in [-0.25, -0.2) is 0 Å². The highest BCUT2D eigenvalue weighted by Crippen LogP contribution is 2.18. The van der Waals surface area contributed by atoms with Crippen LogP contribution in [-0.4, -0.2) is 42.0 Å². The molecule has 3 aromatic rings. The highest BCUT2D eigenvalue weighted by atomic mass is 16.2. The van der Waals surface area contributed by atoms with Crippen molar-refractivity contribution in [3.63, 3.8) is 0 Å². The van der Waals surface area contributed by atoms with Crippen LogP contribution in [0, 0.1) is 6.92 Å². The molecule has 5 nitrogen and oxygen atoms in total. The summed E-state index contributed by atoms with van der Waals surface area (Å²) in [6.07, 6.45) is 3.11. The fourth-order valence-corrected chi connectivity index (χ4v) is 3.56. The number of piperazine rings is 1. The Hall–Kier alpha value is -3.34. The summed E-state index contributed by atoms with van der Waals surface area (Å²) < 4.78 is 0. The molecule has 142 valence electrons. The maximum absolute atomic E-state index is 12.6. The molecule has 1 aliphatic heterocycles. The van der Waals surface area contributed by atoms with Crippen LogP contribution in [0.2, 0.25) is 0 Å². The van der Waals surface area contributed by atoms with E-state index in [9.17, 15) is 9.59 Å². The van der Waals surface area contributed by atoms with Crippen molar-refractivity contribution in [2.75, 3.05) is 31.1 Å². The lowest BCUT2D eigenvalue weighted by molar-refractivity contribution is -0.126. The number of nitrogens with zero attached hydrogens (tertiary/aromatic N) is 2. The Balaban J connectivity index is 1.42. The summed E-state index contributed by atoms with van der Waals surface area (Å²) in [5.41, 5.74) is 3.53. The summed E-state index contributed by atoms with van der Waals surface area (Å²) >= 11 is 0. The average molecular weight is 373 g/mol. The summed E-state index contributed by atoms with van der Waals surface area (Å²) in [7, 11) is 0. The Labute approximate surface area is 163 Å². The summed E-state index contributed by atoms with van der Waals surface area (Å²) in [5, 5.41) is 0.945. The fourth-order valence-electron chi connectivity index (χ4n) is 3.56. The molecule has 1 aromatic heterocycles.